The van der Waals surface area contributed by atoms with Crippen molar-refractivity contribution in [3.8, 4) is 11.5 Å². The average molecular weight is 1140 g/mol. The molecule has 2 aromatic carbocycles. The van der Waals surface area contributed by atoms with Crippen molar-refractivity contribution in [2.75, 3.05) is 53.5 Å². The highest BCUT2D eigenvalue weighted by atomic mass is 16.5. The summed E-state index contributed by atoms with van der Waals surface area (Å²) in [7, 11) is 3.50. The highest BCUT2D eigenvalue weighted by molar-refractivity contribution is 5.95. The fourth-order valence-electron chi connectivity index (χ4n) is 14.9. The second-order valence-electron chi connectivity index (χ2n) is 24.6. The first-order valence-corrected chi connectivity index (χ1v) is 32.0. The summed E-state index contributed by atoms with van der Waals surface area (Å²) in [5, 5.41) is 18.8. The zero-order chi connectivity index (χ0) is 58.2. The predicted octanol–water partition coefficient (Wildman–Crippen LogP) is 6.00. The number of amides is 6. The van der Waals surface area contributed by atoms with Gasteiger partial charge in [0, 0.05) is 74.3 Å². The second kappa shape index (κ2) is 28.1. The molecule has 8 fully saturated rings. The number of piperidine rings is 2. The molecule has 0 spiro atoms. The average Bonchev–Trinajstić information content (AvgIpc) is 4.24. The number of piperazine rings is 2. The van der Waals surface area contributed by atoms with E-state index in [9.17, 15) is 28.8 Å². The first kappa shape index (κ1) is 61.3. The Kier molecular flexibility index (Phi) is 21.0. The van der Waals surface area contributed by atoms with E-state index in [4.69, 9.17) is 9.47 Å². The van der Waals surface area contributed by atoms with Crippen LogP contribution < -0.4 is 41.4 Å². The van der Waals surface area contributed by atoms with E-state index in [2.05, 4.69) is 41.7 Å². The van der Waals surface area contributed by atoms with E-state index in [1.165, 1.54) is 25.7 Å². The van der Waals surface area contributed by atoms with E-state index >= 15 is 0 Å². The van der Waals surface area contributed by atoms with Gasteiger partial charge in [-0.3, -0.25) is 38.6 Å². The van der Waals surface area contributed by atoms with Crippen molar-refractivity contribution in [1.82, 2.24) is 51.5 Å². The van der Waals surface area contributed by atoms with Gasteiger partial charge in [0.15, 0.2) is 0 Å². The third-order valence-electron chi connectivity index (χ3n) is 19.8. The number of para-hydroxylation sites is 2. The molecule has 6 aliphatic heterocycles. The number of carbonyl (C=O) groups excluding carboxylic acids is 6. The highest BCUT2D eigenvalue weighted by Gasteiger charge is 2.58. The van der Waals surface area contributed by atoms with Crippen molar-refractivity contribution >= 4 is 35.4 Å². The normalized spacial score (nSPS) is 30.2. The monoisotopic (exact) mass is 1130 g/mol. The van der Waals surface area contributed by atoms with Crippen molar-refractivity contribution in [2.45, 2.75) is 217 Å². The maximum atomic E-state index is 14.4. The van der Waals surface area contributed by atoms with Crippen molar-refractivity contribution in [1.29, 1.82) is 0 Å². The Morgan fingerprint density at radius 1 is 0.500 bits per heavy atom. The van der Waals surface area contributed by atoms with Gasteiger partial charge >= 0.3 is 0 Å². The number of likely N-dealkylation sites (N-methyl/N-ethyl adjacent to an activating group) is 2. The maximum absolute atomic E-state index is 14.4. The van der Waals surface area contributed by atoms with E-state index in [-0.39, 0.29) is 59.4 Å². The fraction of sp³-hybridized carbons (Fsp3) is 0.719. The Labute approximate surface area is 488 Å². The first-order valence-electron chi connectivity index (χ1n) is 32.0. The number of nitrogens with zero attached hydrogens (tertiary/aromatic N) is 4. The van der Waals surface area contributed by atoms with Crippen LogP contribution in [0.3, 0.4) is 0 Å². The predicted molar refractivity (Wildman–Crippen MR) is 317 cm³/mol. The molecule has 10 aliphatic rings. The Bertz CT molecular complexity index is 2350. The third kappa shape index (κ3) is 13.6. The molecule has 0 aromatic heterocycles. The van der Waals surface area contributed by atoms with Gasteiger partial charge < -0.3 is 51.2 Å². The largest absolute Gasteiger partial charge is 0.493 e. The molecule has 4 aliphatic carbocycles. The molecule has 12 rings (SSSR count). The summed E-state index contributed by atoms with van der Waals surface area (Å²) in [5.74, 6) is 2.48. The quantitative estimate of drug-likeness (QED) is 0.129. The number of nitrogens with one attached hydrogen (secondary N) is 6. The van der Waals surface area contributed by atoms with E-state index in [0.717, 1.165) is 86.8 Å². The number of carbonyl (C=O) groups is 6. The molecule has 4 saturated heterocycles. The van der Waals surface area contributed by atoms with Crippen LogP contribution in [0.15, 0.2) is 48.5 Å². The van der Waals surface area contributed by atoms with E-state index in [1.807, 2.05) is 99.9 Å². The van der Waals surface area contributed by atoms with Gasteiger partial charge in [0.2, 0.25) is 35.4 Å². The molecular formula is C64H98N10O8. The minimum Gasteiger partial charge on any atom is -0.493 e. The van der Waals surface area contributed by atoms with Crippen molar-refractivity contribution in [3.63, 3.8) is 0 Å². The summed E-state index contributed by atoms with van der Waals surface area (Å²) in [5.41, 5.74) is 1.97. The van der Waals surface area contributed by atoms with Crippen LogP contribution in [-0.2, 0) is 28.8 Å². The molecule has 0 bridgehead atoms. The molecule has 18 heteroatoms. The van der Waals surface area contributed by atoms with Crippen molar-refractivity contribution < 1.29 is 38.2 Å². The number of rotatable bonds is 14. The molecule has 6 heterocycles. The van der Waals surface area contributed by atoms with E-state index in [1.54, 1.807) is 14.1 Å². The van der Waals surface area contributed by atoms with Crippen molar-refractivity contribution in [3.05, 3.63) is 59.7 Å². The Balaban J connectivity index is 0.000000186. The summed E-state index contributed by atoms with van der Waals surface area (Å²) < 4.78 is 11.6. The number of hydrogen-bond donors (Lipinski definition) is 6. The van der Waals surface area contributed by atoms with Gasteiger partial charge in [0.25, 0.3) is 0 Å². The molecule has 4 saturated carbocycles. The van der Waals surface area contributed by atoms with Gasteiger partial charge in [-0.05, 0) is 115 Å². The molecule has 14 atom stereocenters. The van der Waals surface area contributed by atoms with Gasteiger partial charge in [-0.2, -0.15) is 0 Å². The molecule has 6 amide bonds. The molecule has 0 radical (unpaired) electrons. The number of benzene rings is 2. The van der Waals surface area contributed by atoms with Crippen LogP contribution in [0.25, 0.3) is 0 Å². The van der Waals surface area contributed by atoms with Crippen LogP contribution in [0.2, 0.25) is 0 Å². The van der Waals surface area contributed by atoms with Crippen LogP contribution in [0, 0.1) is 23.7 Å². The summed E-state index contributed by atoms with van der Waals surface area (Å²) in [6, 6.07) is 14.0. The van der Waals surface area contributed by atoms with Crippen molar-refractivity contribution in [2.24, 2.45) is 23.7 Å². The summed E-state index contributed by atoms with van der Waals surface area (Å²) >= 11 is 0. The molecule has 82 heavy (non-hydrogen) atoms. The molecule has 18 nitrogen and oxygen atoms in total. The highest BCUT2D eigenvalue weighted by Crippen LogP contribution is 2.51. The first-order chi connectivity index (χ1) is 39.9. The smallest absolute Gasteiger partial charge is 0.246 e. The third-order valence-corrected chi connectivity index (χ3v) is 19.8. The van der Waals surface area contributed by atoms with Gasteiger partial charge in [-0.25, -0.2) is 0 Å². The number of ether oxygens (including phenoxy) is 2. The van der Waals surface area contributed by atoms with Crippen LogP contribution in [0.1, 0.15) is 167 Å². The lowest BCUT2D eigenvalue weighted by Crippen LogP contribution is -2.67. The molecule has 4 unspecified atom stereocenters. The van der Waals surface area contributed by atoms with Gasteiger partial charge in [0.05, 0.1) is 37.4 Å². The minimum atomic E-state index is -0.602. The molecular weight excluding hydrogens is 1040 g/mol. The van der Waals surface area contributed by atoms with Crippen LogP contribution in [0.4, 0.5) is 0 Å². The Morgan fingerprint density at radius 3 is 1.26 bits per heavy atom. The number of fused-ring (bicyclic) bond motifs is 8. The summed E-state index contributed by atoms with van der Waals surface area (Å²) in [6.45, 7) is 14.9. The van der Waals surface area contributed by atoms with Gasteiger partial charge in [0.1, 0.15) is 35.7 Å². The fourth-order valence-corrected chi connectivity index (χ4v) is 14.9. The summed E-state index contributed by atoms with van der Waals surface area (Å²) in [6.07, 6.45) is 16.3. The zero-order valence-corrected chi connectivity index (χ0v) is 50.5. The van der Waals surface area contributed by atoms with E-state index in [0.29, 0.717) is 88.2 Å². The lowest BCUT2D eigenvalue weighted by atomic mass is 9.82. The second-order valence-corrected chi connectivity index (χ2v) is 24.6. The van der Waals surface area contributed by atoms with Crippen LogP contribution in [-0.4, -0.2) is 169 Å². The van der Waals surface area contributed by atoms with Crippen LogP contribution in [0.5, 0.6) is 11.5 Å². The van der Waals surface area contributed by atoms with E-state index < -0.39 is 36.3 Å². The lowest BCUT2D eigenvalue weighted by Gasteiger charge is -2.46. The summed E-state index contributed by atoms with van der Waals surface area (Å²) in [4.78, 5) is 91.4. The molecule has 452 valence electrons. The SMILES string of the molecule is CC.CC.CN[C@@H](C)C(=O)N[C@H](C(=O)N1C[C@H]2CC3CC3N2C[C@H]1C(=O)N[C@@H]1CCOc2ccccc21)C1CCCCC1.CN[C@@H](C)C(=O)N[C@H](C(=O)N1C[C@H]2CC3CC3N2C[C@H]1C(=O)N[C@@H]1CCOc2ccccc21)C1CCCCC1. The molecule has 2 aromatic rings. The Hall–Kier alpha value is -5.30. The maximum Gasteiger partial charge on any atom is 0.246 e. The Morgan fingerprint density at radius 2 is 0.878 bits per heavy atom. The molecule has 6 N–H and O–H groups in total. The van der Waals surface area contributed by atoms with Gasteiger partial charge in [-0.1, -0.05) is 103 Å². The van der Waals surface area contributed by atoms with Crippen LogP contribution >= 0.6 is 0 Å². The lowest BCUT2D eigenvalue weighted by molar-refractivity contribution is -0.150. The zero-order valence-electron chi connectivity index (χ0n) is 50.5. The standard InChI is InChI=1S/2C30H43N5O4.2C2H6/c2*1-18(31-2)28(36)33-27(19-8-4-3-5-9-19)30(38)35-16-21-14-20-15-24(20)34(21)17-25(35)29(37)32-23-12-13-39-26-11-7-6-10-22(23)26;2*1-2/h2*6-7,10-11,18-21,23-25,27,31H,3-5,8-9,12-17H2,1-2H3,(H,32,37)(H,33,36);2*1-2H3/t2*18-,20?,21+,23+,24?,25-,27-;;/m00../s1. The minimum absolute atomic E-state index is 0.0914. The topological polar surface area (TPSA) is 206 Å². The van der Waals surface area contributed by atoms with Gasteiger partial charge in [-0.15, -0.1) is 0 Å². The number of hydrogen-bond acceptors (Lipinski definition) is 12.